The Morgan fingerprint density at radius 1 is 1.31 bits per heavy atom. The van der Waals surface area contributed by atoms with E-state index in [9.17, 15) is 0 Å². The van der Waals surface area contributed by atoms with E-state index in [1.165, 1.54) is 0 Å². The van der Waals surface area contributed by atoms with E-state index < -0.39 is 0 Å². The molecule has 0 unspecified atom stereocenters. The fraction of sp³-hybridized carbons (Fsp3) is 0.900. The summed E-state index contributed by atoms with van der Waals surface area (Å²) in [5, 5.41) is 11.9. The van der Waals surface area contributed by atoms with E-state index in [2.05, 4.69) is 11.4 Å². The van der Waals surface area contributed by atoms with Crippen LogP contribution in [0.1, 0.15) is 19.3 Å². The number of thioether (sulfide) groups is 2. The molecule has 0 fully saturated rings. The maximum atomic E-state index is 8.77. The Morgan fingerprint density at radius 3 is 2.56 bits per heavy atom. The molecule has 16 heavy (non-hydrogen) atoms. The van der Waals surface area contributed by atoms with E-state index in [0.717, 1.165) is 30.8 Å². The lowest BCUT2D eigenvalue weighted by Crippen LogP contribution is -2.33. The highest BCUT2D eigenvalue weighted by atomic mass is 32.2. The van der Waals surface area contributed by atoms with Gasteiger partial charge in [0.1, 0.15) is 0 Å². The second-order valence-corrected chi connectivity index (χ2v) is 5.35. The van der Waals surface area contributed by atoms with Crippen molar-refractivity contribution in [3.8, 4) is 0 Å². The zero-order chi connectivity index (χ0) is 12.2. The Kier molecular flexibility index (Phi) is 11.4. The molecular weight excluding hydrogens is 244 g/mol. The number of rotatable bonds is 9. The van der Waals surface area contributed by atoms with Gasteiger partial charge in [-0.25, -0.2) is 0 Å². The van der Waals surface area contributed by atoms with Crippen molar-refractivity contribution in [3.63, 3.8) is 0 Å². The molecule has 0 radical (unpaired) electrons. The van der Waals surface area contributed by atoms with Gasteiger partial charge in [-0.3, -0.25) is 0 Å². The molecule has 3 N–H and O–H groups in total. The highest BCUT2D eigenvalue weighted by Gasteiger charge is 2.12. The van der Waals surface area contributed by atoms with E-state index in [1.54, 1.807) is 11.8 Å². The second-order valence-electron chi connectivity index (χ2n) is 3.37. The molecule has 0 aliphatic carbocycles. The van der Waals surface area contributed by atoms with Crippen LogP contribution in [0.3, 0.4) is 0 Å². The molecule has 0 saturated carbocycles. The van der Waals surface area contributed by atoms with Gasteiger partial charge >= 0.3 is 0 Å². The van der Waals surface area contributed by atoms with Crippen molar-refractivity contribution in [2.45, 2.75) is 25.3 Å². The molecule has 0 aliphatic rings. The first-order valence-corrected chi connectivity index (χ1v) is 8.13. The van der Waals surface area contributed by atoms with Crippen LogP contribution >= 0.6 is 23.5 Å². The molecule has 0 saturated heterocycles. The van der Waals surface area contributed by atoms with Crippen molar-refractivity contribution < 1.29 is 9.94 Å². The minimum absolute atomic E-state index is 0.262. The lowest BCUT2D eigenvalue weighted by molar-refractivity contribution is 0.239. The van der Waals surface area contributed by atoms with Gasteiger partial charge in [0.2, 0.25) is 5.90 Å². The van der Waals surface area contributed by atoms with Gasteiger partial charge in [0, 0.05) is 0 Å². The molecule has 0 spiro atoms. The van der Waals surface area contributed by atoms with Gasteiger partial charge in [0.25, 0.3) is 0 Å². The summed E-state index contributed by atoms with van der Waals surface area (Å²) in [5.74, 6) is 2.34. The number of nitrogens with zero attached hydrogens (tertiary/aromatic N) is 1. The van der Waals surface area contributed by atoms with Crippen LogP contribution in [0.4, 0.5) is 0 Å². The maximum absolute atomic E-state index is 8.77. The third-order valence-corrected chi connectivity index (χ3v) is 3.38. The average Bonchev–Trinajstić information content (AvgIpc) is 2.31. The van der Waals surface area contributed by atoms with Gasteiger partial charge in [0.05, 0.1) is 12.6 Å². The molecule has 0 rings (SSSR count). The topological polar surface area (TPSA) is 67.8 Å². The lowest BCUT2D eigenvalue weighted by Gasteiger charge is -2.13. The normalized spacial score (nSPS) is 13.8. The van der Waals surface area contributed by atoms with E-state index in [1.807, 2.05) is 18.0 Å². The van der Waals surface area contributed by atoms with Crippen LogP contribution in [0.2, 0.25) is 0 Å². The standard InChI is InChI=1S/C10H22N2O2S2/c1-15-7-4-3-6-14-10(12-13)9(11)5-8-16-2/h9,13H,3-8,11H2,1-2H3/t9-/m0/s1. The Balaban J connectivity index is 3.66. The summed E-state index contributed by atoms with van der Waals surface area (Å²) in [6.45, 7) is 0.576. The Hall–Kier alpha value is -0.0700. The van der Waals surface area contributed by atoms with Gasteiger partial charge in [-0.15, -0.1) is 0 Å². The summed E-state index contributed by atoms with van der Waals surface area (Å²) >= 11 is 3.54. The highest BCUT2D eigenvalue weighted by Crippen LogP contribution is 2.03. The average molecular weight is 266 g/mol. The predicted octanol–water partition coefficient (Wildman–Crippen LogP) is 2.01. The molecule has 4 nitrogen and oxygen atoms in total. The number of hydrogen-bond donors (Lipinski definition) is 2. The summed E-state index contributed by atoms with van der Waals surface area (Å²) < 4.78 is 5.35. The smallest absolute Gasteiger partial charge is 0.242 e. The number of unbranched alkanes of at least 4 members (excludes halogenated alkanes) is 1. The number of nitrogens with two attached hydrogens (primary N) is 1. The predicted molar refractivity (Wildman–Crippen MR) is 73.8 cm³/mol. The van der Waals surface area contributed by atoms with Crippen LogP contribution < -0.4 is 5.73 Å². The molecule has 0 aliphatic heterocycles. The molecule has 0 aromatic rings. The maximum Gasteiger partial charge on any atom is 0.242 e. The van der Waals surface area contributed by atoms with E-state index >= 15 is 0 Å². The molecule has 1 atom stereocenters. The van der Waals surface area contributed by atoms with Gasteiger partial charge in [-0.1, -0.05) is 5.16 Å². The first-order chi connectivity index (χ1) is 7.76. The first-order valence-electron chi connectivity index (χ1n) is 5.34. The van der Waals surface area contributed by atoms with Crippen molar-refractivity contribution in [1.29, 1.82) is 0 Å². The van der Waals surface area contributed by atoms with Crippen LogP contribution in [0, 0.1) is 0 Å². The third-order valence-electron chi connectivity index (χ3n) is 2.04. The van der Waals surface area contributed by atoms with Crippen LogP contribution in [0.25, 0.3) is 0 Å². The summed E-state index contributed by atoms with van der Waals surface area (Å²) in [7, 11) is 0. The van der Waals surface area contributed by atoms with Crippen LogP contribution in [-0.4, -0.2) is 47.8 Å². The Morgan fingerprint density at radius 2 is 2.00 bits per heavy atom. The van der Waals surface area contributed by atoms with Gasteiger partial charge in [-0.05, 0) is 43.3 Å². The number of ether oxygens (including phenoxy) is 1. The van der Waals surface area contributed by atoms with E-state index in [-0.39, 0.29) is 11.9 Å². The monoisotopic (exact) mass is 266 g/mol. The Labute approximate surface area is 106 Å². The molecule has 0 amide bonds. The molecule has 96 valence electrons. The third kappa shape index (κ3) is 8.13. The molecule has 0 heterocycles. The molecule has 0 aromatic heterocycles. The molecule has 6 heteroatoms. The van der Waals surface area contributed by atoms with Crippen LogP contribution in [0.15, 0.2) is 5.16 Å². The van der Waals surface area contributed by atoms with Crippen molar-refractivity contribution in [1.82, 2.24) is 0 Å². The van der Waals surface area contributed by atoms with Crippen molar-refractivity contribution in [3.05, 3.63) is 0 Å². The first kappa shape index (κ1) is 15.9. The van der Waals surface area contributed by atoms with E-state index in [0.29, 0.717) is 6.61 Å². The minimum atomic E-state index is -0.294. The fourth-order valence-corrected chi connectivity index (χ4v) is 2.09. The molecule has 0 bridgehead atoms. The highest BCUT2D eigenvalue weighted by molar-refractivity contribution is 7.98. The largest absolute Gasteiger partial charge is 0.478 e. The summed E-state index contributed by atoms with van der Waals surface area (Å²) in [6, 6.07) is -0.294. The lowest BCUT2D eigenvalue weighted by atomic mass is 10.2. The zero-order valence-electron chi connectivity index (χ0n) is 10.0. The van der Waals surface area contributed by atoms with Crippen molar-refractivity contribution in [2.75, 3.05) is 30.6 Å². The van der Waals surface area contributed by atoms with Gasteiger partial charge < -0.3 is 15.7 Å². The SMILES string of the molecule is CSCCCCOC(=NO)[C@@H](N)CCSC. The number of hydrogen-bond acceptors (Lipinski definition) is 6. The van der Waals surface area contributed by atoms with Crippen molar-refractivity contribution >= 4 is 29.4 Å². The van der Waals surface area contributed by atoms with Crippen molar-refractivity contribution in [2.24, 2.45) is 10.9 Å². The molecule has 0 aromatic carbocycles. The minimum Gasteiger partial charge on any atom is -0.478 e. The second kappa shape index (κ2) is 11.4. The summed E-state index contributed by atoms with van der Waals surface area (Å²) in [4.78, 5) is 0. The van der Waals surface area contributed by atoms with Gasteiger partial charge in [0.15, 0.2) is 0 Å². The van der Waals surface area contributed by atoms with Crippen LogP contribution in [-0.2, 0) is 4.74 Å². The fourth-order valence-electron chi connectivity index (χ4n) is 1.10. The quantitative estimate of drug-likeness (QED) is 0.220. The van der Waals surface area contributed by atoms with E-state index in [4.69, 9.17) is 15.7 Å². The number of oxime groups is 1. The summed E-state index contributed by atoms with van der Waals surface area (Å²) in [6.07, 6.45) is 6.95. The van der Waals surface area contributed by atoms with Crippen LogP contribution in [0.5, 0.6) is 0 Å². The summed E-state index contributed by atoms with van der Waals surface area (Å²) in [5.41, 5.74) is 5.82. The molecular formula is C10H22N2O2S2. The van der Waals surface area contributed by atoms with Gasteiger partial charge in [-0.2, -0.15) is 23.5 Å². The Bertz CT molecular complexity index is 192. The zero-order valence-corrected chi connectivity index (χ0v) is 11.6.